The van der Waals surface area contributed by atoms with E-state index in [4.69, 9.17) is 11.5 Å². The maximum Gasteiger partial charge on any atom is 0.177 e. The fourth-order valence-electron chi connectivity index (χ4n) is 3.50. The van der Waals surface area contributed by atoms with Crippen molar-refractivity contribution in [1.29, 1.82) is 0 Å². The number of nitrogens with zero attached hydrogens (tertiary/aromatic N) is 4. The zero-order valence-electron chi connectivity index (χ0n) is 13.4. The Hall–Kier alpha value is -2.67. The van der Waals surface area contributed by atoms with Gasteiger partial charge in [0.25, 0.3) is 0 Å². The van der Waals surface area contributed by atoms with Crippen molar-refractivity contribution in [2.24, 2.45) is 5.73 Å². The SMILES string of the molecule is Nc1nn2ccnc2c(Nc2cccnc2)c1[C@H]1CC[C@H](N)CC1. The van der Waals surface area contributed by atoms with Crippen molar-refractivity contribution in [1.82, 2.24) is 19.6 Å². The van der Waals surface area contributed by atoms with Crippen molar-refractivity contribution < 1.29 is 0 Å². The number of aromatic nitrogens is 4. The Bertz CT molecular complexity index is 835. The summed E-state index contributed by atoms with van der Waals surface area (Å²) in [4.78, 5) is 8.63. The molecule has 1 saturated carbocycles. The molecule has 0 bridgehead atoms. The number of nitrogens with one attached hydrogen (secondary N) is 1. The summed E-state index contributed by atoms with van der Waals surface area (Å²) in [6, 6.07) is 4.17. The van der Waals surface area contributed by atoms with E-state index in [1.807, 2.05) is 12.1 Å². The molecular weight excluding hydrogens is 302 g/mol. The van der Waals surface area contributed by atoms with Gasteiger partial charge in [0, 0.05) is 30.2 Å². The fraction of sp³-hybridized carbons (Fsp3) is 0.353. The summed E-state index contributed by atoms with van der Waals surface area (Å²) in [5.41, 5.74) is 16.0. The van der Waals surface area contributed by atoms with Gasteiger partial charge in [0.2, 0.25) is 0 Å². The molecule has 7 nitrogen and oxygen atoms in total. The molecule has 0 amide bonds. The molecule has 0 aromatic carbocycles. The second-order valence-electron chi connectivity index (χ2n) is 6.35. The van der Waals surface area contributed by atoms with Gasteiger partial charge in [0.15, 0.2) is 5.65 Å². The fourth-order valence-corrected chi connectivity index (χ4v) is 3.50. The van der Waals surface area contributed by atoms with Gasteiger partial charge < -0.3 is 16.8 Å². The second kappa shape index (κ2) is 6.09. The Morgan fingerprint density at radius 3 is 2.75 bits per heavy atom. The van der Waals surface area contributed by atoms with Gasteiger partial charge in [-0.1, -0.05) is 0 Å². The smallest absolute Gasteiger partial charge is 0.177 e. The van der Waals surface area contributed by atoms with E-state index in [0.29, 0.717) is 17.8 Å². The van der Waals surface area contributed by atoms with Gasteiger partial charge in [-0.15, -0.1) is 5.10 Å². The van der Waals surface area contributed by atoms with E-state index in [2.05, 4.69) is 20.4 Å². The Morgan fingerprint density at radius 2 is 2.00 bits per heavy atom. The average molecular weight is 323 g/mol. The van der Waals surface area contributed by atoms with Gasteiger partial charge in [0.05, 0.1) is 17.6 Å². The van der Waals surface area contributed by atoms with Crippen LogP contribution in [0.3, 0.4) is 0 Å². The molecule has 0 radical (unpaired) electrons. The second-order valence-corrected chi connectivity index (χ2v) is 6.35. The van der Waals surface area contributed by atoms with Crippen molar-refractivity contribution >= 4 is 22.8 Å². The van der Waals surface area contributed by atoms with Gasteiger partial charge in [-0.2, -0.15) is 0 Å². The molecule has 0 saturated heterocycles. The number of nitrogens with two attached hydrogens (primary N) is 2. The Kier molecular flexibility index (Phi) is 3.78. The van der Waals surface area contributed by atoms with Gasteiger partial charge >= 0.3 is 0 Å². The average Bonchev–Trinajstić information content (AvgIpc) is 3.05. The molecule has 1 aliphatic carbocycles. The quantitative estimate of drug-likeness (QED) is 0.683. The highest BCUT2D eigenvalue weighted by atomic mass is 15.3. The highest BCUT2D eigenvalue weighted by Gasteiger charge is 2.27. The largest absolute Gasteiger partial charge is 0.382 e. The molecule has 0 aliphatic heterocycles. The molecule has 3 aromatic rings. The van der Waals surface area contributed by atoms with Crippen molar-refractivity contribution in [3.8, 4) is 0 Å². The molecule has 0 unspecified atom stereocenters. The topological polar surface area (TPSA) is 107 Å². The first-order chi connectivity index (χ1) is 11.7. The first kappa shape index (κ1) is 14.9. The Balaban J connectivity index is 1.82. The lowest BCUT2D eigenvalue weighted by Gasteiger charge is -2.28. The Morgan fingerprint density at radius 1 is 1.17 bits per heavy atom. The normalized spacial score (nSPS) is 21.0. The van der Waals surface area contributed by atoms with E-state index < -0.39 is 0 Å². The van der Waals surface area contributed by atoms with Crippen LogP contribution in [0.2, 0.25) is 0 Å². The molecule has 24 heavy (non-hydrogen) atoms. The molecule has 3 aromatic heterocycles. The summed E-state index contributed by atoms with van der Waals surface area (Å²) in [5.74, 6) is 0.894. The summed E-state index contributed by atoms with van der Waals surface area (Å²) < 4.78 is 1.71. The van der Waals surface area contributed by atoms with Crippen LogP contribution in [0, 0.1) is 0 Å². The minimum absolute atomic E-state index is 0.292. The number of anilines is 3. The summed E-state index contributed by atoms with van der Waals surface area (Å²) in [7, 11) is 0. The van der Waals surface area contributed by atoms with Crippen LogP contribution in [-0.4, -0.2) is 25.6 Å². The van der Waals surface area contributed by atoms with E-state index in [-0.39, 0.29) is 0 Å². The maximum absolute atomic E-state index is 6.32. The summed E-state index contributed by atoms with van der Waals surface area (Å²) in [6.07, 6.45) is 11.1. The van der Waals surface area contributed by atoms with Crippen LogP contribution in [0.1, 0.15) is 37.2 Å². The first-order valence-corrected chi connectivity index (χ1v) is 8.27. The number of hydrogen-bond acceptors (Lipinski definition) is 6. The molecule has 4 rings (SSSR count). The lowest BCUT2D eigenvalue weighted by atomic mass is 9.81. The number of fused-ring (bicyclic) bond motifs is 1. The van der Waals surface area contributed by atoms with Gasteiger partial charge in [-0.05, 0) is 43.7 Å². The molecule has 7 heteroatoms. The zero-order valence-corrected chi connectivity index (χ0v) is 13.4. The minimum atomic E-state index is 0.292. The van der Waals surface area contributed by atoms with Crippen molar-refractivity contribution in [2.45, 2.75) is 37.6 Å². The number of rotatable bonds is 3. The molecule has 0 spiro atoms. The molecular formula is C17H21N7. The van der Waals surface area contributed by atoms with Gasteiger partial charge in [-0.25, -0.2) is 9.50 Å². The zero-order chi connectivity index (χ0) is 16.5. The lowest BCUT2D eigenvalue weighted by molar-refractivity contribution is 0.396. The van der Waals surface area contributed by atoms with E-state index in [1.165, 1.54) is 0 Å². The molecule has 1 fully saturated rings. The van der Waals surface area contributed by atoms with E-state index in [0.717, 1.165) is 48.3 Å². The summed E-state index contributed by atoms with van der Waals surface area (Å²) in [6.45, 7) is 0. The third-order valence-corrected chi connectivity index (χ3v) is 4.72. The highest BCUT2D eigenvalue weighted by molar-refractivity contribution is 5.80. The number of nitrogen functional groups attached to an aromatic ring is 1. The molecule has 1 aliphatic rings. The molecule has 0 atom stereocenters. The highest BCUT2D eigenvalue weighted by Crippen LogP contribution is 2.40. The predicted molar refractivity (Wildman–Crippen MR) is 94.1 cm³/mol. The van der Waals surface area contributed by atoms with Crippen LogP contribution in [-0.2, 0) is 0 Å². The molecule has 3 heterocycles. The third kappa shape index (κ3) is 2.67. The number of pyridine rings is 1. The van der Waals surface area contributed by atoms with Crippen LogP contribution >= 0.6 is 0 Å². The van der Waals surface area contributed by atoms with Crippen LogP contribution in [0.25, 0.3) is 5.65 Å². The van der Waals surface area contributed by atoms with Crippen LogP contribution in [0.15, 0.2) is 36.9 Å². The van der Waals surface area contributed by atoms with Crippen molar-refractivity contribution in [2.75, 3.05) is 11.1 Å². The van der Waals surface area contributed by atoms with Crippen LogP contribution < -0.4 is 16.8 Å². The third-order valence-electron chi connectivity index (χ3n) is 4.72. The number of imidazole rings is 1. The maximum atomic E-state index is 6.32. The van der Waals surface area contributed by atoms with Gasteiger partial charge in [-0.3, -0.25) is 4.98 Å². The summed E-state index contributed by atoms with van der Waals surface area (Å²) in [5, 5.41) is 7.93. The van der Waals surface area contributed by atoms with E-state index in [1.54, 1.807) is 29.3 Å². The van der Waals surface area contributed by atoms with Crippen molar-refractivity contribution in [3.05, 3.63) is 42.5 Å². The molecule has 5 N–H and O–H groups in total. The van der Waals surface area contributed by atoms with Crippen LogP contribution in [0.5, 0.6) is 0 Å². The van der Waals surface area contributed by atoms with Crippen LogP contribution in [0.4, 0.5) is 17.2 Å². The van der Waals surface area contributed by atoms with E-state index in [9.17, 15) is 0 Å². The lowest BCUT2D eigenvalue weighted by Crippen LogP contribution is -2.26. The first-order valence-electron chi connectivity index (χ1n) is 8.27. The van der Waals surface area contributed by atoms with E-state index >= 15 is 0 Å². The number of hydrogen-bond donors (Lipinski definition) is 3. The van der Waals surface area contributed by atoms with Crippen molar-refractivity contribution in [3.63, 3.8) is 0 Å². The summed E-state index contributed by atoms with van der Waals surface area (Å²) >= 11 is 0. The van der Waals surface area contributed by atoms with Gasteiger partial charge in [0.1, 0.15) is 5.82 Å². The standard InChI is InChI=1S/C17H21N7/c18-12-5-3-11(4-6-12)14-15(22-13-2-1-7-20-10-13)17-21-8-9-24(17)23-16(14)19/h1-2,7-12,22H,3-6,18H2,(H2,19,23)/t11-,12-. The molecule has 124 valence electrons. The predicted octanol–water partition coefficient (Wildman–Crippen LogP) is 2.44. The monoisotopic (exact) mass is 323 g/mol. The Labute approximate surface area is 140 Å². The minimum Gasteiger partial charge on any atom is -0.382 e.